The maximum atomic E-state index is 13.2. The second kappa shape index (κ2) is 10.2. The van der Waals surface area contributed by atoms with Gasteiger partial charge in [-0.1, -0.05) is 54.6 Å². The third-order valence-corrected chi connectivity index (χ3v) is 6.79. The summed E-state index contributed by atoms with van der Waals surface area (Å²) in [5, 5.41) is 12.9. The van der Waals surface area contributed by atoms with Gasteiger partial charge < -0.3 is 4.74 Å². The Labute approximate surface area is 215 Å². The standard InChI is InChI=1S/C28H19FN2O5S/c29-22-10-8-18(9-11-22)17-36-25-13-12-23(31(34)35)14-21(25)15-26-27(32)30(28(33)37-26)16-20-6-3-5-19-4-1-2-7-24(19)20/h1-15H,16-17H2/b26-15-. The molecule has 184 valence electrons. The van der Waals surface area contributed by atoms with Gasteiger partial charge in [0.25, 0.3) is 16.8 Å². The number of nitrogens with zero attached hydrogens (tertiary/aromatic N) is 2. The largest absolute Gasteiger partial charge is 0.488 e. The first kappa shape index (κ1) is 24.2. The van der Waals surface area contributed by atoms with Gasteiger partial charge in [-0.05, 0) is 57.9 Å². The highest BCUT2D eigenvalue weighted by Gasteiger charge is 2.35. The summed E-state index contributed by atoms with van der Waals surface area (Å²) in [6, 6.07) is 23.2. The normalized spacial score (nSPS) is 14.5. The van der Waals surface area contributed by atoms with Crippen LogP contribution in [0.2, 0.25) is 0 Å². The molecule has 0 N–H and O–H groups in total. The first-order valence-corrected chi connectivity index (χ1v) is 12.1. The first-order chi connectivity index (χ1) is 17.9. The number of carbonyl (C=O) groups excluding carboxylic acids is 2. The van der Waals surface area contributed by atoms with E-state index >= 15 is 0 Å². The van der Waals surface area contributed by atoms with Crippen molar-refractivity contribution in [3.05, 3.63) is 122 Å². The summed E-state index contributed by atoms with van der Waals surface area (Å²) in [4.78, 5) is 38.1. The average molecular weight is 515 g/mol. The van der Waals surface area contributed by atoms with Crippen LogP contribution in [0.1, 0.15) is 16.7 Å². The molecule has 37 heavy (non-hydrogen) atoms. The Balaban J connectivity index is 1.42. The summed E-state index contributed by atoms with van der Waals surface area (Å²) < 4.78 is 19.0. The number of imide groups is 1. The van der Waals surface area contributed by atoms with Gasteiger partial charge in [0.05, 0.1) is 16.4 Å². The molecule has 0 aliphatic carbocycles. The maximum Gasteiger partial charge on any atom is 0.293 e. The number of hydrogen-bond acceptors (Lipinski definition) is 6. The lowest BCUT2D eigenvalue weighted by Crippen LogP contribution is -2.27. The third kappa shape index (κ3) is 5.22. The minimum atomic E-state index is -0.548. The first-order valence-electron chi connectivity index (χ1n) is 11.3. The van der Waals surface area contributed by atoms with Crippen LogP contribution in [0.15, 0.2) is 89.8 Å². The van der Waals surface area contributed by atoms with Gasteiger partial charge in [-0.25, -0.2) is 4.39 Å². The van der Waals surface area contributed by atoms with Crippen molar-refractivity contribution in [3.8, 4) is 5.75 Å². The summed E-state index contributed by atoms with van der Waals surface area (Å²) in [6.45, 7) is 0.188. The van der Waals surface area contributed by atoms with Crippen LogP contribution in [0.4, 0.5) is 14.9 Å². The van der Waals surface area contributed by atoms with Crippen LogP contribution in [-0.4, -0.2) is 21.0 Å². The summed E-state index contributed by atoms with van der Waals surface area (Å²) in [6.07, 6.45) is 1.43. The van der Waals surface area contributed by atoms with Gasteiger partial charge in [0.2, 0.25) is 0 Å². The van der Waals surface area contributed by atoms with Crippen molar-refractivity contribution >= 4 is 45.4 Å². The number of non-ortho nitro benzene ring substituents is 1. The molecule has 0 bridgehead atoms. The molecule has 4 aromatic rings. The number of nitro benzene ring substituents is 1. The van der Waals surface area contributed by atoms with Crippen molar-refractivity contribution in [2.24, 2.45) is 0 Å². The van der Waals surface area contributed by atoms with Crippen LogP contribution < -0.4 is 4.74 Å². The van der Waals surface area contributed by atoms with E-state index in [1.54, 1.807) is 12.1 Å². The zero-order chi connectivity index (χ0) is 25.9. The molecule has 1 saturated heterocycles. The van der Waals surface area contributed by atoms with Gasteiger partial charge in [0.15, 0.2) is 0 Å². The Morgan fingerprint density at radius 2 is 1.73 bits per heavy atom. The Kier molecular flexibility index (Phi) is 6.70. The maximum absolute atomic E-state index is 13.2. The van der Waals surface area contributed by atoms with Crippen molar-refractivity contribution in [2.45, 2.75) is 13.2 Å². The lowest BCUT2D eigenvalue weighted by molar-refractivity contribution is -0.384. The van der Waals surface area contributed by atoms with Gasteiger partial charge >= 0.3 is 0 Å². The van der Waals surface area contributed by atoms with Crippen molar-refractivity contribution in [1.82, 2.24) is 4.90 Å². The number of halogens is 1. The molecule has 0 atom stereocenters. The topological polar surface area (TPSA) is 89.7 Å². The van der Waals surface area contributed by atoms with E-state index in [2.05, 4.69) is 0 Å². The van der Waals surface area contributed by atoms with Gasteiger partial charge in [-0.2, -0.15) is 0 Å². The smallest absolute Gasteiger partial charge is 0.293 e. The zero-order valence-electron chi connectivity index (χ0n) is 19.3. The molecule has 2 amide bonds. The number of rotatable bonds is 7. The molecule has 0 spiro atoms. The minimum absolute atomic E-state index is 0.0848. The van der Waals surface area contributed by atoms with Gasteiger partial charge in [-0.15, -0.1) is 0 Å². The number of ether oxygens (including phenoxy) is 1. The molecule has 0 radical (unpaired) electrons. The second-order valence-electron chi connectivity index (χ2n) is 8.30. The summed E-state index contributed by atoms with van der Waals surface area (Å²) >= 11 is 0.772. The van der Waals surface area contributed by atoms with E-state index in [1.165, 1.54) is 36.4 Å². The van der Waals surface area contributed by atoms with E-state index in [0.29, 0.717) is 5.56 Å². The van der Waals surface area contributed by atoms with Crippen molar-refractivity contribution < 1.29 is 23.6 Å². The Bertz CT molecular complexity index is 1560. The van der Waals surface area contributed by atoms with Crippen molar-refractivity contribution in [1.29, 1.82) is 0 Å². The summed E-state index contributed by atoms with van der Waals surface area (Å²) in [5.74, 6) is -0.575. The van der Waals surface area contributed by atoms with Crippen LogP contribution in [0.5, 0.6) is 5.75 Å². The average Bonchev–Trinajstić information content (AvgIpc) is 3.16. The number of nitro groups is 1. The third-order valence-electron chi connectivity index (χ3n) is 5.88. The van der Waals surface area contributed by atoms with Gasteiger partial charge in [0, 0.05) is 17.7 Å². The summed E-state index contributed by atoms with van der Waals surface area (Å²) in [5.41, 5.74) is 1.63. The van der Waals surface area contributed by atoms with Crippen LogP contribution in [0.25, 0.3) is 16.8 Å². The molecule has 0 unspecified atom stereocenters. The summed E-state index contributed by atoms with van der Waals surface area (Å²) in [7, 11) is 0. The molecule has 1 heterocycles. The van der Waals surface area contributed by atoms with E-state index in [9.17, 15) is 24.1 Å². The fraction of sp³-hybridized carbons (Fsp3) is 0.0714. The highest BCUT2D eigenvalue weighted by Crippen LogP contribution is 2.36. The minimum Gasteiger partial charge on any atom is -0.488 e. The molecule has 1 aliphatic heterocycles. The molecule has 4 aromatic carbocycles. The quantitative estimate of drug-likeness (QED) is 0.155. The number of amides is 2. The lowest BCUT2D eigenvalue weighted by Gasteiger charge is -2.14. The monoisotopic (exact) mass is 514 g/mol. The number of carbonyl (C=O) groups is 2. The number of benzene rings is 4. The van der Waals surface area contributed by atoms with Gasteiger partial charge in [-0.3, -0.25) is 24.6 Å². The van der Waals surface area contributed by atoms with Crippen LogP contribution >= 0.6 is 11.8 Å². The zero-order valence-corrected chi connectivity index (χ0v) is 20.1. The van der Waals surface area contributed by atoms with E-state index in [4.69, 9.17) is 4.74 Å². The second-order valence-corrected chi connectivity index (χ2v) is 9.29. The fourth-order valence-electron chi connectivity index (χ4n) is 4.01. The molecule has 5 rings (SSSR count). The van der Waals surface area contributed by atoms with Crippen molar-refractivity contribution in [2.75, 3.05) is 0 Å². The number of thioether (sulfide) groups is 1. The SMILES string of the molecule is O=C1S/C(=C\c2cc([N+](=O)[O-])ccc2OCc2ccc(F)cc2)C(=O)N1Cc1cccc2ccccc12. The van der Waals surface area contributed by atoms with Crippen molar-refractivity contribution in [3.63, 3.8) is 0 Å². The predicted octanol–water partition coefficient (Wildman–Crippen LogP) is 6.70. The molecule has 0 saturated carbocycles. The Morgan fingerprint density at radius 1 is 0.973 bits per heavy atom. The molecular formula is C28H19FN2O5S. The van der Waals surface area contributed by atoms with E-state index in [0.717, 1.165) is 33.0 Å². The molecule has 7 nitrogen and oxygen atoms in total. The fourth-order valence-corrected chi connectivity index (χ4v) is 4.84. The Morgan fingerprint density at radius 3 is 2.51 bits per heavy atom. The van der Waals surface area contributed by atoms with Gasteiger partial charge in [0.1, 0.15) is 18.2 Å². The van der Waals surface area contributed by atoms with Crippen LogP contribution in [0.3, 0.4) is 0 Å². The molecule has 9 heteroatoms. The lowest BCUT2D eigenvalue weighted by atomic mass is 10.0. The van der Waals surface area contributed by atoms with E-state index < -0.39 is 16.1 Å². The molecular weight excluding hydrogens is 495 g/mol. The Hall–Kier alpha value is -4.50. The molecule has 1 fully saturated rings. The number of fused-ring (bicyclic) bond motifs is 1. The van der Waals surface area contributed by atoms with Crippen LogP contribution in [0, 0.1) is 15.9 Å². The number of hydrogen-bond donors (Lipinski definition) is 0. The highest BCUT2D eigenvalue weighted by molar-refractivity contribution is 8.18. The molecule has 0 aromatic heterocycles. The highest BCUT2D eigenvalue weighted by atomic mass is 32.2. The van der Waals surface area contributed by atoms with Crippen LogP contribution in [-0.2, 0) is 17.9 Å². The predicted molar refractivity (Wildman–Crippen MR) is 139 cm³/mol. The van der Waals surface area contributed by atoms with E-state index in [1.807, 2.05) is 42.5 Å². The van der Waals surface area contributed by atoms with E-state index in [-0.39, 0.29) is 40.9 Å². The molecule has 1 aliphatic rings.